The predicted octanol–water partition coefficient (Wildman–Crippen LogP) is 2.33. The highest BCUT2D eigenvalue weighted by Gasteiger charge is 2.16. The summed E-state index contributed by atoms with van der Waals surface area (Å²) in [6.07, 6.45) is 1.19. The summed E-state index contributed by atoms with van der Waals surface area (Å²) in [5, 5.41) is 0. The van der Waals surface area contributed by atoms with Crippen molar-refractivity contribution in [2.45, 2.75) is 26.2 Å². The lowest BCUT2D eigenvalue weighted by Gasteiger charge is -2.32. The molecule has 0 spiro atoms. The van der Waals surface area contributed by atoms with Crippen molar-refractivity contribution in [3.8, 4) is 0 Å². The molecule has 1 atom stereocenters. The average Bonchev–Trinajstić information content (AvgIpc) is 2.75. The molecular weight excluding hydrogens is 212 g/mol. The fourth-order valence-electron chi connectivity index (χ4n) is 2.31. The van der Waals surface area contributed by atoms with Gasteiger partial charge in [0.25, 0.3) is 0 Å². The molecule has 1 aliphatic rings. The summed E-state index contributed by atoms with van der Waals surface area (Å²) in [5.74, 6) is 2.69. The van der Waals surface area contributed by atoms with E-state index in [4.69, 9.17) is 4.42 Å². The van der Waals surface area contributed by atoms with Gasteiger partial charge in [-0.2, -0.15) is 0 Å². The van der Waals surface area contributed by atoms with Crippen LogP contribution in [0.25, 0.3) is 0 Å². The first-order valence-corrected chi connectivity index (χ1v) is 6.62. The molecule has 1 aliphatic heterocycles. The van der Waals surface area contributed by atoms with Crippen molar-refractivity contribution in [1.29, 1.82) is 0 Å². The fourth-order valence-corrected chi connectivity index (χ4v) is 2.31. The van der Waals surface area contributed by atoms with Crippen molar-refractivity contribution >= 4 is 0 Å². The fraction of sp³-hybridized carbons (Fsp3) is 0.714. The third-order valence-corrected chi connectivity index (χ3v) is 3.72. The van der Waals surface area contributed by atoms with Gasteiger partial charge in [0.15, 0.2) is 0 Å². The summed E-state index contributed by atoms with van der Waals surface area (Å²) in [6.45, 7) is 10.3. The van der Waals surface area contributed by atoms with Crippen molar-refractivity contribution in [2.24, 2.45) is 0 Å². The number of piperazine rings is 1. The minimum absolute atomic E-state index is 0.531. The Morgan fingerprint density at radius 1 is 1.24 bits per heavy atom. The first kappa shape index (κ1) is 12.7. The molecule has 0 aromatic carbocycles. The standard InChI is InChI=1S/C14H24N2O/c1-12(14-5-4-13(2)17-14)6-7-16-10-8-15(3)9-11-16/h4-5,12H,6-11H2,1-3H3/t12-/m0/s1. The van der Waals surface area contributed by atoms with Crippen LogP contribution in [0.15, 0.2) is 16.5 Å². The van der Waals surface area contributed by atoms with Crippen LogP contribution in [0.3, 0.4) is 0 Å². The van der Waals surface area contributed by atoms with Crippen molar-refractivity contribution < 1.29 is 4.42 Å². The Morgan fingerprint density at radius 2 is 1.94 bits per heavy atom. The second kappa shape index (κ2) is 5.69. The summed E-state index contributed by atoms with van der Waals surface area (Å²) in [7, 11) is 2.20. The van der Waals surface area contributed by atoms with Gasteiger partial charge in [-0.15, -0.1) is 0 Å². The van der Waals surface area contributed by atoms with Crippen LogP contribution in [-0.4, -0.2) is 49.6 Å². The molecule has 2 rings (SSSR count). The van der Waals surface area contributed by atoms with Crippen LogP contribution in [0.2, 0.25) is 0 Å². The van der Waals surface area contributed by atoms with Crippen LogP contribution in [0.4, 0.5) is 0 Å². The summed E-state index contributed by atoms with van der Waals surface area (Å²) < 4.78 is 5.68. The van der Waals surface area contributed by atoms with Crippen LogP contribution in [0.1, 0.15) is 30.8 Å². The number of hydrogen-bond donors (Lipinski definition) is 0. The molecule has 3 heteroatoms. The Bertz CT molecular complexity index is 340. The molecule has 0 unspecified atom stereocenters. The lowest BCUT2D eigenvalue weighted by molar-refractivity contribution is 0.150. The molecule has 0 bridgehead atoms. The predicted molar refractivity (Wildman–Crippen MR) is 70.4 cm³/mol. The summed E-state index contributed by atoms with van der Waals surface area (Å²) in [6, 6.07) is 4.17. The van der Waals surface area contributed by atoms with Crippen LogP contribution >= 0.6 is 0 Å². The van der Waals surface area contributed by atoms with Crippen LogP contribution in [-0.2, 0) is 0 Å². The second-order valence-electron chi connectivity index (χ2n) is 5.28. The third kappa shape index (κ3) is 3.58. The normalized spacial score (nSPS) is 20.6. The Labute approximate surface area is 104 Å². The van der Waals surface area contributed by atoms with E-state index in [0.717, 1.165) is 11.5 Å². The Hall–Kier alpha value is -0.800. The highest BCUT2D eigenvalue weighted by atomic mass is 16.3. The van der Waals surface area contributed by atoms with Gasteiger partial charge in [-0.05, 0) is 39.1 Å². The molecule has 1 aromatic heterocycles. The number of rotatable bonds is 4. The van der Waals surface area contributed by atoms with E-state index in [0.29, 0.717) is 5.92 Å². The van der Waals surface area contributed by atoms with E-state index in [1.165, 1.54) is 39.1 Å². The van der Waals surface area contributed by atoms with Crippen molar-refractivity contribution in [3.05, 3.63) is 23.7 Å². The maximum atomic E-state index is 5.68. The van der Waals surface area contributed by atoms with Crippen LogP contribution in [0, 0.1) is 6.92 Å². The minimum atomic E-state index is 0.531. The lowest BCUT2D eigenvalue weighted by atomic mass is 10.0. The zero-order valence-electron chi connectivity index (χ0n) is 11.3. The van der Waals surface area contributed by atoms with Gasteiger partial charge in [-0.25, -0.2) is 0 Å². The molecule has 0 amide bonds. The minimum Gasteiger partial charge on any atom is -0.466 e. The van der Waals surface area contributed by atoms with Crippen molar-refractivity contribution in [2.75, 3.05) is 39.8 Å². The first-order valence-electron chi connectivity index (χ1n) is 6.62. The molecule has 0 saturated carbocycles. The molecule has 0 aliphatic carbocycles. The largest absolute Gasteiger partial charge is 0.466 e. The molecular formula is C14H24N2O. The zero-order chi connectivity index (χ0) is 12.3. The van der Waals surface area contributed by atoms with E-state index in [2.05, 4.69) is 35.9 Å². The first-order chi connectivity index (χ1) is 8.15. The summed E-state index contributed by atoms with van der Waals surface area (Å²) in [5.41, 5.74) is 0. The second-order valence-corrected chi connectivity index (χ2v) is 5.28. The van der Waals surface area contributed by atoms with Gasteiger partial charge < -0.3 is 14.2 Å². The Morgan fingerprint density at radius 3 is 2.53 bits per heavy atom. The molecule has 0 radical (unpaired) electrons. The van der Waals surface area contributed by atoms with Gasteiger partial charge in [-0.3, -0.25) is 0 Å². The maximum absolute atomic E-state index is 5.68. The van der Waals surface area contributed by atoms with Gasteiger partial charge in [0.2, 0.25) is 0 Å². The SMILES string of the molecule is Cc1ccc([C@@H](C)CCN2CCN(C)CC2)o1. The van der Waals surface area contributed by atoms with Crippen molar-refractivity contribution in [3.63, 3.8) is 0 Å². The lowest BCUT2D eigenvalue weighted by Crippen LogP contribution is -2.44. The number of aryl methyl sites for hydroxylation is 1. The maximum Gasteiger partial charge on any atom is 0.107 e. The van der Waals surface area contributed by atoms with Gasteiger partial charge in [0, 0.05) is 32.1 Å². The number of hydrogen-bond acceptors (Lipinski definition) is 3. The van der Waals surface area contributed by atoms with Gasteiger partial charge in [-0.1, -0.05) is 6.92 Å². The third-order valence-electron chi connectivity index (χ3n) is 3.72. The quantitative estimate of drug-likeness (QED) is 0.800. The molecule has 1 fully saturated rings. The monoisotopic (exact) mass is 236 g/mol. The Kier molecular flexibility index (Phi) is 4.24. The van der Waals surface area contributed by atoms with E-state index < -0.39 is 0 Å². The van der Waals surface area contributed by atoms with Gasteiger partial charge in [0.05, 0.1) is 0 Å². The van der Waals surface area contributed by atoms with Crippen molar-refractivity contribution in [1.82, 2.24) is 9.80 Å². The molecule has 17 heavy (non-hydrogen) atoms. The number of nitrogens with zero attached hydrogens (tertiary/aromatic N) is 2. The molecule has 1 saturated heterocycles. The molecule has 3 nitrogen and oxygen atoms in total. The van der Waals surface area contributed by atoms with E-state index >= 15 is 0 Å². The highest BCUT2D eigenvalue weighted by molar-refractivity contribution is 5.09. The number of furan rings is 1. The van der Waals surface area contributed by atoms with Crippen LogP contribution in [0.5, 0.6) is 0 Å². The smallest absolute Gasteiger partial charge is 0.107 e. The topological polar surface area (TPSA) is 19.6 Å². The van der Waals surface area contributed by atoms with Gasteiger partial charge >= 0.3 is 0 Å². The van der Waals surface area contributed by atoms with E-state index in [-0.39, 0.29) is 0 Å². The average molecular weight is 236 g/mol. The molecule has 0 N–H and O–H groups in total. The van der Waals surface area contributed by atoms with E-state index in [1.807, 2.05) is 6.92 Å². The van der Waals surface area contributed by atoms with Crippen LogP contribution < -0.4 is 0 Å². The molecule has 2 heterocycles. The zero-order valence-corrected chi connectivity index (χ0v) is 11.3. The highest BCUT2D eigenvalue weighted by Crippen LogP contribution is 2.21. The molecule has 96 valence electrons. The number of likely N-dealkylation sites (N-methyl/N-ethyl adjacent to an activating group) is 1. The van der Waals surface area contributed by atoms with Gasteiger partial charge in [0.1, 0.15) is 11.5 Å². The summed E-state index contributed by atoms with van der Waals surface area (Å²) >= 11 is 0. The van der Waals surface area contributed by atoms with E-state index in [9.17, 15) is 0 Å². The summed E-state index contributed by atoms with van der Waals surface area (Å²) in [4.78, 5) is 4.96. The van der Waals surface area contributed by atoms with E-state index in [1.54, 1.807) is 0 Å². The Balaban J connectivity index is 1.74. The molecule has 1 aromatic rings.